The molecule has 0 aliphatic heterocycles. The number of anilines is 1. The second-order valence-electron chi connectivity index (χ2n) is 5.71. The third-order valence-corrected chi connectivity index (χ3v) is 5.50. The van der Waals surface area contributed by atoms with E-state index in [0.717, 1.165) is 10.9 Å². The van der Waals surface area contributed by atoms with E-state index >= 15 is 0 Å². The molecule has 8 heteroatoms. The molecule has 0 unspecified atom stereocenters. The third kappa shape index (κ3) is 4.66. The molecule has 2 heterocycles. The van der Waals surface area contributed by atoms with E-state index in [1.54, 1.807) is 30.5 Å². The number of benzene rings is 1. The van der Waals surface area contributed by atoms with Crippen LogP contribution >= 0.6 is 22.7 Å². The van der Waals surface area contributed by atoms with Gasteiger partial charge in [-0.05, 0) is 48.2 Å². The van der Waals surface area contributed by atoms with E-state index in [0.29, 0.717) is 16.0 Å². The minimum atomic E-state index is -0.885. The quantitative estimate of drug-likeness (QED) is 0.504. The van der Waals surface area contributed by atoms with Crippen molar-refractivity contribution < 1.29 is 18.8 Å². The van der Waals surface area contributed by atoms with Gasteiger partial charge in [-0.15, -0.1) is 11.3 Å². The van der Waals surface area contributed by atoms with Crippen molar-refractivity contribution in [2.75, 3.05) is 5.32 Å². The SMILES string of the molecule is Cc1ccc(NC(=O)C(=O)NCc2ccc(C(=O)c3ccsc3)s2)cc1F. The van der Waals surface area contributed by atoms with Crippen molar-refractivity contribution in [2.45, 2.75) is 13.5 Å². The molecule has 0 bridgehead atoms. The zero-order valence-electron chi connectivity index (χ0n) is 14.2. The molecule has 0 aliphatic rings. The van der Waals surface area contributed by atoms with E-state index < -0.39 is 17.6 Å². The summed E-state index contributed by atoms with van der Waals surface area (Å²) < 4.78 is 13.5. The van der Waals surface area contributed by atoms with Gasteiger partial charge in [-0.1, -0.05) is 6.07 Å². The first-order valence-electron chi connectivity index (χ1n) is 7.95. The summed E-state index contributed by atoms with van der Waals surface area (Å²) in [6.07, 6.45) is 0. The molecule has 0 saturated carbocycles. The second kappa shape index (κ2) is 8.24. The lowest BCUT2D eigenvalue weighted by molar-refractivity contribution is -0.136. The van der Waals surface area contributed by atoms with Crippen LogP contribution in [0, 0.1) is 12.7 Å². The van der Waals surface area contributed by atoms with E-state index in [-0.39, 0.29) is 18.0 Å². The Morgan fingerprint density at radius 2 is 1.89 bits per heavy atom. The molecule has 0 atom stereocenters. The molecule has 0 fully saturated rings. The summed E-state index contributed by atoms with van der Waals surface area (Å²) in [7, 11) is 0. The lowest BCUT2D eigenvalue weighted by atomic mass is 10.2. The van der Waals surface area contributed by atoms with Crippen LogP contribution in [0.3, 0.4) is 0 Å². The highest BCUT2D eigenvalue weighted by Crippen LogP contribution is 2.21. The van der Waals surface area contributed by atoms with Gasteiger partial charge in [-0.2, -0.15) is 11.3 Å². The van der Waals surface area contributed by atoms with E-state index in [1.807, 2.05) is 5.38 Å². The molecule has 0 radical (unpaired) electrons. The molecule has 0 saturated heterocycles. The molecule has 0 aliphatic carbocycles. The number of ketones is 1. The smallest absolute Gasteiger partial charge is 0.313 e. The van der Waals surface area contributed by atoms with Gasteiger partial charge in [0.25, 0.3) is 0 Å². The van der Waals surface area contributed by atoms with Crippen LogP contribution in [-0.4, -0.2) is 17.6 Å². The van der Waals surface area contributed by atoms with Crippen LogP contribution in [0.2, 0.25) is 0 Å². The highest BCUT2D eigenvalue weighted by Gasteiger charge is 2.16. The molecule has 5 nitrogen and oxygen atoms in total. The largest absolute Gasteiger partial charge is 0.343 e. The Bertz CT molecular complexity index is 996. The van der Waals surface area contributed by atoms with Crippen LogP contribution in [0.25, 0.3) is 0 Å². The lowest BCUT2D eigenvalue weighted by Crippen LogP contribution is -2.34. The van der Waals surface area contributed by atoms with Gasteiger partial charge in [0, 0.05) is 21.5 Å². The zero-order chi connectivity index (χ0) is 19.4. The van der Waals surface area contributed by atoms with Gasteiger partial charge >= 0.3 is 11.8 Å². The topological polar surface area (TPSA) is 75.3 Å². The molecule has 0 spiro atoms. The first kappa shape index (κ1) is 18.9. The average molecular weight is 402 g/mol. The van der Waals surface area contributed by atoms with Gasteiger partial charge in [-0.3, -0.25) is 14.4 Å². The number of amides is 2. The van der Waals surface area contributed by atoms with E-state index in [1.165, 1.54) is 34.8 Å². The van der Waals surface area contributed by atoms with Crippen LogP contribution in [0.4, 0.5) is 10.1 Å². The summed E-state index contributed by atoms with van der Waals surface area (Å²) in [5.74, 6) is -2.26. The van der Waals surface area contributed by atoms with Crippen LogP contribution in [0.5, 0.6) is 0 Å². The van der Waals surface area contributed by atoms with Crippen molar-refractivity contribution in [3.05, 3.63) is 73.9 Å². The maximum absolute atomic E-state index is 13.5. The predicted molar refractivity (Wildman–Crippen MR) is 104 cm³/mol. The number of hydrogen-bond donors (Lipinski definition) is 2. The maximum atomic E-state index is 13.5. The Balaban J connectivity index is 1.55. The molecule has 2 N–H and O–H groups in total. The van der Waals surface area contributed by atoms with Gasteiger partial charge in [0.2, 0.25) is 5.78 Å². The van der Waals surface area contributed by atoms with Gasteiger partial charge in [0.05, 0.1) is 11.4 Å². The fourth-order valence-electron chi connectivity index (χ4n) is 2.24. The fourth-order valence-corrected chi connectivity index (χ4v) is 3.78. The summed E-state index contributed by atoms with van der Waals surface area (Å²) in [5.41, 5.74) is 1.28. The Hall–Kier alpha value is -2.84. The minimum absolute atomic E-state index is 0.0713. The normalized spacial score (nSPS) is 10.4. The summed E-state index contributed by atoms with van der Waals surface area (Å²) in [6, 6.07) is 9.37. The van der Waals surface area contributed by atoms with Crippen molar-refractivity contribution in [3.63, 3.8) is 0 Å². The van der Waals surface area contributed by atoms with E-state index in [9.17, 15) is 18.8 Å². The Labute approximate surface area is 162 Å². The average Bonchev–Trinajstić information content (AvgIpc) is 3.34. The number of halogens is 1. The Kier molecular flexibility index (Phi) is 5.78. The van der Waals surface area contributed by atoms with Gasteiger partial charge in [0.15, 0.2) is 0 Å². The van der Waals surface area contributed by atoms with Crippen LogP contribution in [-0.2, 0) is 16.1 Å². The summed E-state index contributed by atoms with van der Waals surface area (Å²) in [6.45, 7) is 1.72. The molecule has 138 valence electrons. The number of aryl methyl sites for hydroxylation is 1. The number of carbonyl (C=O) groups excluding carboxylic acids is 3. The van der Waals surface area contributed by atoms with Gasteiger partial charge in [-0.25, -0.2) is 4.39 Å². The van der Waals surface area contributed by atoms with Crippen LogP contribution < -0.4 is 10.6 Å². The Morgan fingerprint density at radius 3 is 2.59 bits per heavy atom. The van der Waals surface area contributed by atoms with Gasteiger partial charge < -0.3 is 10.6 Å². The molecule has 27 heavy (non-hydrogen) atoms. The number of rotatable bonds is 5. The standard InChI is InChI=1S/C19H15FN2O3S2/c1-11-2-3-13(8-15(11)20)22-19(25)18(24)21-9-14-4-5-16(27-14)17(23)12-6-7-26-10-12/h2-8,10H,9H2,1H3,(H,21,24)(H,22,25). The highest BCUT2D eigenvalue weighted by molar-refractivity contribution is 7.14. The number of nitrogens with one attached hydrogen (secondary N) is 2. The first-order chi connectivity index (χ1) is 12.9. The predicted octanol–water partition coefficient (Wildman–Crippen LogP) is 3.74. The minimum Gasteiger partial charge on any atom is -0.343 e. The van der Waals surface area contributed by atoms with Crippen molar-refractivity contribution in [1.29, 1.82) is 0 Å². The molecular formula is C19H15FN2O3S2. The lowest BCUT2D eigenvalue weighted by Gasteiger charge is -2.06. The third-order valence-electron chi connectivity index (χ3n) is 3.73. The molecule has 2 aromatic heterocycles. The monoisotopic (exact) mass is 402 g/mol. The Morgan fingerprint density at radius 1 is 1.07 bits per heavy atom. The molecule has 3 rings (SSSR count). The zero-order valence-corrected chi connectivity index (χ0v) is 15.9. The maximum Gasteiger partial charge on any atom is 0.313 e. The summed E-state index contributed by atoms with van der Waals surface area (Å²) >= 11 is 2.71. The first-order valence-corrected chi connectivity index (χ1v) is 9.71. The fraction of sp³-hybridized carbons (Fsp3) is 0.105. The molecular weight excluding hydrogens is 387 g/mol. The van der Waals surface area contributed by atoms with E-state index in [2.05, 4.69) is 10.6 Å². The van der Waals surface area contributed by atoms with E-state index in [4.69, 9.17) is 0 Å². The summed E-state index contributed by atoms with van der Waals surface area (Å²) in [4.78, 5) is 37.4. The number of thiophene rings is 2. The van der Waals surface area contributed by atoms with Crippen LogP contribution in [0.15, 0.2) is 47.2 Å². The van der Waals surface area contributed by atoms with Crippen molar-refractivity contribution in [3.8, 4) is 0 Å². The molecule has 1 aromatic carbocycles. The number of carbonyl (C=O) groups is 3. The van der Waals surface area contributed by atoms with Gasteiger partial charge in [0.1, 0.15) is 5.82 Å². The molecule has 2 amide bonds. The van der Waals surface area contributed by atoms with Crippen LogP contribution in [0.1, 0.15) is 25.7 Å². The summed E-state index contributed by atoms with van der Waals surface area (Å²) in [5, 5.41) is 8.45. The van der Waals surface area contributed by atoms with Crippen molar-refractivity contribution in [1.82, 2.24) is 5.32 Å². The van der Waals surface area contributed by atoms with Crippen molar-refractivity contribution >= 4 is 46.0 Å². The van der Waals surface area contributed by atoms with Crippen molar-refractivity contribution in [2.24, 2.45) is 0 Å². The molecule has 3 aromatic rings. The second-order valence-corrected chi connectivity index (χ2v) is 7.66. The highest BCUT2D eigenvalue weighted by atomic mass is 32.1. The number of hydrogen-bond acceptors (Lipinski definition) is 5.